The SMILES string of the molecule is O=C(CCn1cnc2cc(-c3noc(Cc4cccs4)n3)ccc21)N1CCCC1. The van der Waals surface area contributed by atoms with Crippen molar-refractivity contribution in [3.05, 3.63) is 52.8 Å². The van der Waals surface area contributed by atoms with E-state index in [1.807, 2.05) is 39.1 Å². The Hall–Kier alpha value is -3.00. The molecule has 1 saturated heterocycles. The average molecular weight is 407 g/mol. The van der Waals surface area contributed by atoms with Crippen molar-refractivity contribution in [2.45, 2.75) is 32.2 Å². The number of fused-ring (bicyclic) bond motifs is 1. The number of imidazole rings is 1. The first-order valence-electron chi connectivity index (χ1n) is 9.84. The van der Waals surface area contributed by atoms with Crippen molar-refractivity contribution in [1.29, 1.82) is 0 Å². The van der Waals surface area contributed by atoms with Crippen LogP contribution >= 0.6 is 11.3 Å². The van der Waals surface area contributed by atoms with Gasteiger partial charge in [0.2, 0.25) is 17.6 Å². The van der Waals surface area contributed by atoms with Crippen molar-refractivity contribution in [3.63, 3.8) is 0 Å². The predicted octanol–water partition coefficient (Wildman–Crippen LogP) is 3.75. The fraction of sp³-hybridized carbons (Fsp3) is 0.333. The van der Waals surface area contributed by atoms with E-state index in [1.54, 1.807) is 17.7 Å². The molecule has 0 unspecified atom stereocenters. The lowest BCUT2D eigenvalue weighted by Crippen LogP contribution is -2.28. The van der Waals surface area contributed by atoms with Crippen molar-refractivity contribution in [1.82, 2.24) is 24.6 Å². The van der Waals surface area contributed by atoms with E-state index in [2.05, 4.69) is 21.2 Å². The number of rotatable bonds is 6. The van der Waals surface area contributed by atoms with Gasteiger partial charge in [-0.15, -0.1) is 11.3 Å². The van der Waals surface area contributed by atoms with Gasteiger partial charge in [-0.2, -0.15) is 4.98 Å². The van der Waals surface area contributed by atoms with Crippen molar-refractivity contribution in [2.24, 2.45) is 0 Å². The Morgan fingerprint density at radius 3 is 2.93 bits per heavy atom. The number of aromatic nitrogens is 4. The molecule has 0 atom stereocenters. The van der Waals surface area contributed by atoms with Crippen LogP contribution in [0.15, 0.2) is 46.6 Å². The summed E-state index contributed by atoms with van der Waals surface area (Å²) in [4.78, 5) is 24.5. The molecule has 148 valence electrons. The second-order valence-electron chi connectivity index (χ2n) is 7.25. The highest BCUT2D eigenvalue weighted by molar-refractivity contribution is 7.09. The Morgan fingerprint density at radius 1 is 1.21 bits per heavy atom. The molecule has 5 rings (SSSR count). The van der Waals surface area contributed by atoms with E-state index in [0.717, 1.165) is 42.5 Å². The van der Waals surface area contributed by atoms with Gasteiger partial charge in [-0.3, -0.25) is 4.79 Å². The number of hydrogen-bond donors (Lipinski definition) is 0. The van der Waals surface area contributed by atoms with Gasteiger partial charge in [0.15, 0.2) is 0 Å². The average Bonchev–Trinajstić information content (AvgIpc) is 3.54. The van der Waals surface area contributed by atoms with E-state index in [4.69, 9.17) is 4.52 Å². The number of carbonyl (C=O) groups is 1. The van der Waals surface area contributed by atoms with Gasteiger partial charge in [0, 0.05) is 36.5 Å². The van der Waals surface area contributed by atoms with Crippen molar-refractivity contribution < 1.29 is 9.32 Å². The van der Waals surface area contributed by atoms with Gasteiger partial charge in [0.25, 0.3) is 0 Å². The molecule has 0 N–H and O–H groups in total. The number of hydrogen-bond acceptors (Lipinski definition) is 6. The van der Waals surface area contributed by atoms with Crippen LogP contribution < -0.4 is 0 Å². The molecule has 1 aliphatic rings. The monoisotopic (exact) mass is 407 g/mol. The highest BCUT2D eigenvalue weighted by atomic mass is 32.1. The zero-order valence-electron chi connectivity index (χ0n) is 16.0. The van der Waals surface area contributed by atoms with Crippen LogP contribution in [0.5, 0.6) is 0 Å². The third kappa shape index (κ3) is 3.80. The van der Waals surface area contributed by atoms with Gasteiger partial charge < -0.3 is 14.0 Å². The molecule has 29 heavy (non-hydrogen) atoms. The Morgan fingerprint density at radius 2 is 2.10 bits per heavy atom. The number of carbonyl (C=O) groups excluding carboxylic acids is 1. The summed E-state index contributed by atoms with van der Waals surface area (Å²) in [7, 11) is 0. The Labute approximate surface area is 172 Å². The molecule has 0 radical (unpaired) electrons. The highest BCUT2D eigenvalue weighted by Gasteiger charge is 2.18. The largest absolute Gasteiger partial charge is 0.343 e. The van der Waals surface area contributed by atoms with E-state index in [0.29, 0.717) is 31.1 Å². The zero-order chi connectivity index (χ0) is 19.6. The molecule has 0 aliphatic carbocycles. The van der Waals surface area contributed by atoms with Gasteiger partial charge in [-0.25, -0.2) is 4.98 Å². The van der Waals surface area contributed by atoms with Crippen LogP contribution in [-0.2, 0) is 17.8 Å². The van der Waals surface area contributed by atoms with Gasteiger partial charge >= 0.3 is 0 Å². The van der Waals surface area contributed by atoms with E-state index in [-0.39, 0.29) is 5.91 Å². The lowest BCUT2D eigenvalue weighted by atomic mass is 10.2. The third-order valence-electron chi connectivity index (χ3n) is 5.28. The molecule has 0 spiro atoms. The standard InChI is InChI=1S/C21H21N5O2S/c27-20(25-8-1-2-9-25)7-10-26-14-22-17-12-15(5-6-18(17)26)21-23-19(28-24-21)13-16-4-3-11-29-16/h3-6,11-12,14H,1-2,7-10,13H2. The van der Waals surface area contributed by atoms with E-state index in [1.165, 1.54) is 4.88 Å². The van der Waals surface area contributed by atoms with E-state index >= 15 is 0 Å². The maximum Gasteiger partial charge on any atom is 0.232 e. The van der Waals surface area contributed by atoms with Crippen LogP contribution in [0.2, 0.25) is 0 Å². The summed E-state index contributed by atoms with van der Waals surface area (Å²) < 4.78 is 7.43. The molecule has 1 amide bonds. The number of nitrogens with zero attached hydrogens (tertiary/aromatic N) is 5. The number of thiophene rings is 1. The minimum atomic E-state index is 0.228. The topological polar surface area (TPSA) is 77.0 Å². The lowest BCUT2D eigenvalue weighted by Gasteiger charge is -2.15. The molecule has 4 aromatic rings. The Balaban J connectivity index is 1.30. The van der Waals surface area contributed by atoms with Crippen LogP contribution in [0.3, 0.4) is 0 Å². The van der Waals surface area contributed by atoms with Crippen LogP contribution in [0, 0.1) is 0 Å². The molecular formula is C21H21N5O2S. The summed E-state index contributed by atoms with van der Waals surface area (Å²) in [5.41, 5.74) is 2.74. The Bertz CT molecular complexity index is 1130. The molecule has 3 aromatic heterocycles. The number of benzene rings is 1. The molecule has 0 bridgehead atoms. The number of likely N-dealkylation sites (tertiary alicyclic amines) is 1. The van der Waals surface area contributed by atoms with Crippen molar-refractivity contribution in [3.8, 4) is 11.4 Å². The second-order valence-corrected chi connectivity index (χ2v) is 8.28. The first-order chi connectivity index (χ1) is 14.3. The molecule has 1 fully saturated rings. The normalized spacial score (nSPS) is 14.1. The summed E-state index contributed by atoms with van der Waals surface area (Å²) in [6.07, 6.45) is 5.18. The smallest absolute Gasteiger partial charge is 0.232 e. The maximum absolute atomic E-state index is 12.3. The third-order valence-corrected chi connectivity index (χ3v) is 6.15. The summed E-state index contributed by atoms with van der Waals surface area (Å²) in [6.45, 7) is 2.43. The summed E-state index contributed by atoms with van der Waals surface area (Å²) in [5, 5.41) is 6.16. The van der Waals surface area contributed by atoms with E-state index in [9.17, 15) is 4.79 Å². The molecule has 8 heteroatoms. The fourth-order valence-electron chi connectivity index (χ4n) is 3.73. The minimum Gasteiger partial charge on any atom is -0.343 e. The molecule has 7 nitrogen and oxygen atoms in total. The Kier molecular flexibility index (Phi) is 4.85. The quantitative estimate of drug-likeness (QED) is 0.486. The van der Waals surface area contributed by atoms with Gasteiger partial charge in [-0.1, -0.05) is 11.2 Å². The first-order valence-corrected chi connectivity index (χ1v) is 10.7. The van der Waals surface area contributed by atoms with Gasteiger partial charge in [-0.05, 0) is 42.5 Å². The number of amides is 1. The van der Waals surface area contributed by atoms with Crippen LogP contribution in [-0.4, -0.2) is 43.6 Å². The van der Waals surface area contributed by atoms with Crippen LogP contribution in [0.1, 0.15) is 30.0 Å². The molecule has 0 saturated carbocycles. The molecule has 4 heterocycles. The summed E-state index contributed by atoms with van der Waals surface area (Å²) in [6, 6.07) is 10.0. The first kappa shape index (κ1) is 18.1. The molecule has 1 aromatic carbocycles. The van der Waals surface area contributed by atoms with Crippen LogP contribution in [0.25, 0.3) is 22.4 Å². The summed E-state index contributed by atoms with van der Waals surface area (Å²) >= 11 is 1.67. The minimum absolute atomic E-state index is 0.228. The van der Waals surface area contributed by atoms with Crippen molar-refractivity contribution in [2.75, 3.05) is 13.1 Å². The van der Waals surface area contributed by atoms with Crippen molar-refractivity contribution >= 4 is 28.3 Å². The second kappa shape index (κ2) is 7.79. The maximum atomic E-state index is 12.3. The van der Waals surface area contributed by atoms with Crippen LogP contribution in [0.4, 0.5) is 0 Å². The molecular weight excluding hydrogens is 386 g/mol. The van der Waals surface area contributed by atoms with Gasteiger partial charge in [0.1, 0.15) is 0 Å². The fourth-order valence-corrected chi connectivity index (χ4v) is 4.42. The predicted molar refractivity (Wildman–Crippen MR) is 111 cm³/mol. The zero-order valence-corrected chi connectivity index (χ0v) is 16.8. The lowest BCUT2D eigenvalue weighted by molar-refractivity contribution is -0.130. The van der Waals surface area contributed by atoms with E-state index < -0.39 is 0 Å². The number of aryl methyl sites for hydroxylation is 1. The van der Waals surface area contributed by atoms with Gasteiger partial charge in [0.05, 0.1) is 23.8 Å². The highest BCUT2D eigenvalue weighted by Crippen LogP contribution is 2.23. The molecule has 1 aliphatic heterocycles. The summed E-state index contributed by atoms with van der Waals surface area (Å²) in [5.74, 6) is 1.40.